The lowest BCUT2D eigenvalue weighted by Gasteiger charge is -2.24. The second kappa shape index (κ2) is 5.63. The minimum absolute atomic E-state index is 0.442. The van der Waals surface area contributed by atoms with E-state index in [9.17, 15) is 9.59 Å². The molecule has 3 aromatic rings. The van der Waals surface area contributed by atoms with Gasteiger partial charge in [0.25, 0.3) is 0 Å². The summed E-state index contributed by atoms with van der Waals surface area (Å²) in [6, 6.07) is 24.4. The summed E-state index contributed by atoms with van der Waals surface area (Å²) < 4.78 is 11.2. The summed E-state index contributed by atoms with van der Waals surface area (Å²) in [6.45, 7) is 0. The Bertz CT molecular complexity index is 1030. The van der Waals surface area contributed by atoms with Gasteiger partial charge in [0, 0.05) is 0 Å². The number of esters is 2. The van der Waals surface area contributed by atoms with Crippen molar-refractivity contribution in [2.24, 2.45) is 11.8 Å². The topological polar surface area (TPSA) is 52.6 Å². The van der Waals surface area contributed by atoms with Crippen molar-refractivity contribution in [1.82, 2.24) is 0 Å². The van der Waals surface area contributed by atoms with Crippen LogP contribution in [0.4, 0.5) is 0 Å². The number of cyclic esters (lactones) is 2. The predicted molar refractivity (Wildman–Crippen MR) is 102 cm³/mol. The Morgan fingerprint density at radius 2 is 1.00 bits per heavy atom. The molecule has 4 heteroatoms. The Kier molecular flexibility index (Phi) is 3.17. The third-order valence-electron chi connectivity index (χ3n) is 6.10. The second-order valence-corrected chi connectivity index (χ2v) is 7.49. The molecule has 0 spiro atoms. The van der Waals surface area contributed by atoms with Crippen LogP contribution in [0, 0.1) is 11.8 Å². The fourth-order valence-electron chi connectivity index (χ4n) is 4.96. The largest absolute Gasteiger partial charge is 0.393 e. The SMILES string of the molecule is O=C1OC(=O)[C@H]2[C@@H]1[C@H]1O[C@@H]2c2c(-c3ccccc3)ccc(-c3ccccc3)c21. The normalized spacial score (nSPS) is 26.9. The molecule has 0 saturated carbocycles. The molecule has 2 fully saturated rings. The van der Waals surface area contributed by atoms with Gasteiger partial charge >= 0.3 is 11.9 Å². The van der Waals surface area contributed by atoms with Crippen LogP contribution in [0.25, 0.3) is 22.3 Å². The molecule has 0 radical (unpaired) electrons. The van der Waals surface area contributed by atoms with Gasteiger partial charge in [-0.15, -0.1) is 0 Å². The van der Waals surface area contributed by atoms with Crippen LogP contribution in [0.2, 0.25) is 0 Å². The van der Waals surface area contributed by atoms with Crippen LogP contribution in [-0.4, -0.2) is 11.9 Å². The van der Waals surface area contributed by atoms with Gasteiger partial charge in [-0.3, -0.25) is 9.59 Å². The van der Waals surface area contributed by atoms with Crippen LogP contribution in [0.3, 0.4) is 0 Å². The molecule has 3 heterocycles. The maximum Gasteiger partial charge on any atom is 0.320 e. The van der Waals surface area contributed by atoms with E-state index in [1.807, 2.05) is 36.4 Å². The molecule has 4 atom stereocenters. The minimum atomic E-state index is -0.543. The van der Waals surface area contributed by atoms with E-state index in [0.29, 0.717) is 0 Å². The molecule has 136 valence electrons. The van der Waals surface area contributed by atoms with Crippen molar-refractivity contribution in [3.05, 3.63) is 83.9 Å². The zero-order chi connectivity index (χ0) is 18.8. The quantitative estimate of drug-likeness (QED) is 0.495. The number of fused-ring (bicyclic) bond motifs is 8. The van der Waals surface area contributed by atoms with Gasteiger partial charge in [-0.25, -0.2) is 0 Å². The van der Waals surface area contributed by atoms with Crippen molar-refractivity contribution in [3.63, 3.8) is 0 Å². The number of hydrogen-bond donors (Lipinski definition) is 0. The van der Waals surface area contributed by atoms with Gasteiger partial charge in [0.2, 0.25) is 0 Å². The zero-order valence-corrected chi connectivity index (χ0v) is 14.9. The molecule has 4 nitrogen and oxygen atoms in total. The number of carbonyl (C=O) groups is 2. The van der Waals surface area contributed by atoms with Crippen LogP contribution >= 0.6 is 0 Å². The van der Waals surface area contributed by atoms with Crippen LogP contribution in [0.1, 0.15) is 23.3 Å². The molecule has 6 rings (SSSR count). The number of hydrogen-bond acceptors (Lipinski definition) is 4. The zero-order valence-electron chi connectivity index (χ0n) is 14.9. The lowest BCUT2D eigenvalue weighted by atomic mass is 9.72. The minimum Gasteiger partial charge on any atom is -0.393 e. The standard InChI is InChI=1S/C24H16O4/c25-23-19-20(24(26)28-23)22-18-16(14-9-5-2-6-10-14)12-11-15(17(18)21(19)27-22)13-7-3-1-4-8-13/h1-12,19-22H/t19-,20+,21+,22-. The average Bonchev–Trinajstić information content (AvgIpc) is 3.40. The maximum absolute atomic E-state index is 12.3. The Balaban J connectivity index is 1.63. The lowest BCUT2D eigenvalue weighted by Crippen LogP contribution is -2.25. The molecule has 0 amide bonds. The highest BCUT2D eigenvalue weighted by molar-refractivity contribution is 5.99. The predicted octanol–water partition coefficient (Wildman–Crippen LogP) is 4.46. The first-order valence-electron chi connectivity index (χ1n) is 9.42. The number of rotatable bonds is 2. The summed E-state index contributed by atoms with van der Waals surface area (Å²) in [5.74, 6) is -2.01. The van der Waals surface area contributed by atoms with Crippen molar-refractivity contribution >= 4 is 11.9 Å². The fraction of sp³-hybridized carbons (Fsp3) is 0.167. The van der Waals surface area contributed by atoms with Crippen molar-refractivity contribution in [1.29, 1.82) is 0 Å². The summed E-state index contributed by atoms with van der Waals surface area (Å²) in [4.78, 5) is 24.7. The van der Waals surface area contributed by atoms with Gasteiger partial charge in [-0.1, -0.05) is 72.8 Å². The molecule has 0 aliphatic carbocycles. The van der Waals surface area contributed by atoms with Crippen LogP contribution < -0.4 is 0 Å². The monoisotopic (exact) mass is 368 g/mol. The number of ether oxygens (including phenoxy) is 2. The highest BCUT2D eigenvalue weighted by Gasteiger charge is 2.64. The lowest BCUT2D eigenvalue weighted by molar-refractivity contribution is -0.157. The van der Waals surface area contributed by atoms with Gasteiger partial charge in [-0.05, 0) is 33.4 Å². The van der Waals surface area contributed by atoms with Crippen LogP contribution in [0.5, 0.6) is 0 Å². The summed E-state index contributed by atoms with van der Waals surface area (Å²) in [6.07, 6.45) is -0.884. The fourth-order valence-corrected chi connectivity index (χ4v) is 4.96. The van der Waals surface area contributed by atoms with Gasteiger partial charge in [0.1, 0.15) is 11.8 Å². The molecule has 3 aromatic carbocycles. The Hall–Kier alpha value is -3.24. The van der Waals surface area contributed by atoms with Crippen molar-refractivity contribution in [2.75, 3.05) is 0 Å². The van der Waals surface area contributed by atoms with Gasteiger partial charge < -0.3 is 9.47 Å². The first-order valence-corrected chi connectivity index (χ1v) is 9.42. The third kappa shape index (κ3) is 1.98. The van der Waals surface area contributed by atoms with Gasteiger partial charge in [-0.2, -0.15) is 0 Å². The van der Waals surface area contributed by atoms with E-state index in [1.165, 1.54) is 0 Å². The third-order valence-corrected chi connectivity index (χ3v) is 6.10. The summed E-state index contributed by atoms with van der Waals surface area (Å²) in [5, 5.41) is 0. The highest BCUT2D eigenvalue weighted by Crippen LogP contribution is 2.63. The first kappa shape index (κ1) is 15.8. The van der Waals surface area contributed by atoms with Crippen LogP contribution in [-0.2, 0) is 19.1 Å². The highest BCUT2D eigenvalue weighted by atomic mass is 16.6. The molecule has 0 unspecified atom stereocenters. The molecule has 0 N–H and O–H groups in total. The molecule has 2 saturated heterocycles. The molecule has 2 bridgehead atoms. The maximum atomic E-state index is 12.3. The molecule has 0 aromatic heterocycles. The van der Waals surface area contributed by atoms with E-state index in [0.717, 1.165) is 33.4 Å². The second-order valence-electron chi connectivity index (χ2n) is 7.49. The average molecular weight is 368 g/mol. The number of carbonyl (C=O) groups excluding carboxylic acids is 2. The molecule has 28 heavy (non-hydrogen) atoms. The van der Waals surface area contributed by atoms with E-state index in [-0.39, 0.29) is 0 Å². The van der Waals surface area contributed by atoms with Crippen LogP contribution in [0.15, 0.2) is 72.8 Å². The Labute approximate surface area is 161 Å². The summed E-state index contributed by atoms with van der Waals surface area (Å²) in [5.41, 5.74) is 6.28. The smallest absolute Gasteiger partial charge is 0.320 e. The first-order chi connectivity index (χ1) is 13.7. The van der Waals surface area contributed by atoms with Gasteiger partial charge in [0.15, 0.2) is 0 Å². The van der Waals surface area contributed by atoms with Crippen molar-refractivity contribution in [3.8, 4) is 22.3 Å². The van der Waals surface area contributed by atoms with E-state index in [4.69, 9.17) is 9.47 Å². The molecule has 3 aliphatic heterocycles. The Morgan fingerprint density at radius 3 is 1.43 bits per heavy atom. The van der Waals surface area contributed by atoms with E-state index in [1.54, 1.807) is 0 Å². The van der Waals surface area contributed by atoms with Crippen molar-refractivity contribution < 1.29 is 19.1 Å². The van der Waals surface area contributed by atoms with E-state index in [2.05, 4.69) is 36.4 Å². The van der Waals surface area contributed by atoms with Gasteiger partial charge in [0.05, 0.1) is 12.2 Å². The summed E-state index contributed by atoms with van der Waals surface area (Å²) in [7, 11) is 0. The van der Waals surface area contributed by atoms with E-state index < -0.39 is 36.0 Å². The molecular weight excluding hydrogens is 352 g/mol. The summed E-state index contributed by atoms with van der Waals surface area (Å²) >= 11 is 0. The van der Waals surface area contributed by atoms with Crippen molar-refractivity contribution in [2.45, 2.75) is 12.2 Å². The number of benzene rings is 3. The molecular formula is C24H16O4. The Morgan fingerprint density at radius 1 is 0.571 bits per heavy atom. The van der Waals surface area contributed by atoms with E-state index >= 15 is 0 Å². The molecule has 3 aliphatic rings.